The number of rotatable bonds is 6. The van der Waals surface area contributed by atoms with Crippen molar-refractivity contribution in [3.63, 3.8) is 0 Å². The molecule has 1 aliphatic rings. The Morgan fingerprint density at radius 1 is 1.64 bits per heavy atom. The van der Waals surface area contributed by atoms with E-state index in [1.807, 2.05) is 6.08 Å². The van der Waals surface area contributed by atoms with Crippen LogP contribution in [0.3, 0.4) is 0 Å². The standard InChI is InChI=1S/C11H20N2S/c1-3-4-8-13(2)9-6-10-11(14)5-7-12-10/h3,10,12H,1,4-9H2,2H3. The maximum Gasteiger partial charge on any atom is 0.0396 e. The lowest BCUT2D eigenvalue weighted by Gasteiger charge is -2.18. The summed E-state index contributed by atoms with van der Waals surface area (Å²) in [5, 5.41) is 3.43. The Hall–Kier alpha value is -0.250. The summed E-state index contributed by atoms with van der Waals surface area (Å²) in [5.41, 5.74) is 0. The van der Waals surface area contributed by atoms with Crippen LogP contribution in [0.25, 0.3) is 0 Å². The summed E-state index contributed by atoms with van der Waals surface area (Å²) in [4.78, 5) is 3.55. The quantitative estimate of drug-likeness (QED) is 0.532. The van der Waals surface area contributed by atoms with Gasteiger partial charge in [-0.3, -0.25) is 0 Å². The predicted molar refractivity (Wildman–Crippen MR) is 65.9 cm³/mol. The number of hydrogen-bond donors (Lipinski definition) is 1. The van der Waals surface area contributed by atoms with E-state index in [0.717, 1.165) is 38.9 Å². The summed E-state index contributed by atoms with van der Waals surface area (Å²) in [6.07, 6.45) is 5.26. The molecule has 1 aliphatic heterocycles. The number of thiocarbonyl (C=S) groups is 1. The maximum absolute atomic E-state index is 5.28. The third-order valence-corrected chi connectivity index (χ3v) is 3.15. The molecule has 1 N–H and O–H groups in total. The molecule has 0 saturated carbocycles. The molecule has 0 aromatic heterocycles. The van der Waals surface area contributed by atoms with E-state index in [2.05, 4.69) is 23.8 Å². The molecule has 0 aliphatic carbocycles. The number of hydrogen-bond acceptors (Lipinski definition) is 3. The van der Waals surface area contributed by atoms with E-state index >= 15 is 0 Å². The minimum atomic E-state index is 0.483. The average molecular weight is 212 g/mol. The first-order chi connectivity index (χ1) is 6.74. The molecule has 2 nitrogen and oxygen atoms in total. The molecule has 1 unspecified atom stereocenters. The fourth-order valence-electron chi connectivity index (χ4n) is 1.69. The van der Waals surface area contributed by atoms with Gasteiger partial charge in [0.25, 0.3) is 0 Å². The topological polar surface area (TPSA) is 15.3 Å². The van der Waals surface area contributed by atoms with Crippen molar-refractivity contribution in [2.45, 2.75) is 25.3 Å². The second-order valence-electron chi connectivity index (χ2n) is 3.89. The molecule has 1 rings (SSSR count). The Bertz CT molecular complexity index is 203. The highest BCUT2D eigenvalue weighted by Gasteiger charge is 2.19. The molecule has 1 fully saturated rings. The Balaban J connectivity index is 2.12. The highest BCUT2D eigenvalue weighted by molar-refractivity contribution is 7.80. The van der Waals surface area contributed by atoms with Crippen LogP contribution in [0.2, 0.25) is 0 Å². The molecule has 0 bridgehead atoms. The predicted octanol–water partition coefficient (Wildman–Crippen LogP) is 1.62. The zero-order valence-corrected chi connectivity index (χ0v) is 9.78. The van der Waals surface area contributed by atoms with Crippen molar-refractivity contribution in [2.24, 2.45) is 0 Å². The molecule has 0 spiro atoms. The zero-order valence-electron chi connectivity index (χ0n) is 8.96. The van der Waals surface area contributed by atoms with Crippen LogP contribution in [0.15, 0.2) is 12.7 Å². The first-order valence-corrected chi connectivity index (χ1v) is 5.70. The lowest BCUT2D eigenvalue weighted by molar-refractivity contribution is 0.329. The molecule has 0 radical (unpaired) electrons. The fraction of sp³-hybridized carbons (Fsp3) is 0.727. The second-order valence-corrected chi connectivity index (χ2v) is 4.42. The summed E-state index contributed by atoms with van der Waals surface area (Å²) in [5.74, 6) is 0. The van der Waals surface area contributed by atoms with Gasteiger partial charge in [-0.1, -0.05) is 18.3 Å². The SMILES string of the molecule is C=CCCN(C)CCC1NCCC1=S. The van der Waals surface area contributed by atoms with Gasteiger partial charge in [0.2, 0.25) is 0 Å². The lowest BCUT2D eigenvalue weighted by Crippen LogP contribution is -2.31. The zero-order chi connectivity index (χ0) is 10.4. The molecule has 0 aromatic rings. The average Bonchev–Trinajstić information content (AvgIpc) is 2.58. The van der Waals surface area contributed by atoms with E-state index in [9.17, 15) is 0 Å². The minimum Gasteiger partial charge on any atom is -0.309 e. The Morgan fingerprint density at radius 2 is 2.43 bits per heavy atom. The van der Waals surface area contributed by atoms with Gasteiger partial charge >= 0.3 is 0 Å². The van der Waals surface area contributed by atoms with Crippen LogP contribution < -0.4 is 5.32 Å². The van der Waals surface area contributed by atoms with Crippen molar-refractivity contribution >= 4 is 17.1 Å². The summed E-state index contributed by atoms with van der Waals surface area (Å²) in [7, 11) is 2.15. The molecule has 3 heteroatoms. The van der Waals surface area contributed by atoms with Crippen molar-refractivity contribution in [3.05, 3.63) is 12.7 Å². The van der Waals surface area contributed by atoms with E-state index < -0.39 is 0 Å². The van der Waals surface area contributed by atoms with Gasteiger partial charge in [-0.15, -0.1) is 6.58 Å². The van der Waals surface area contributed by atoms with Crippen molar-refractivity contribution < 1.29 is 0 Å². The van der Waals surface area contributed by atoms with Crippen LogP contribution in [-0.4, -0.2) is 42.5 Å². The summed E-state index contributed by atoms with van der Waals surface area (Å²) in [6.45, 7) is 7.01. The van der Waals surface area contributed by atoms with Crippen LogP contribution in [0.1, 0.15) is 19.3 Å². The van der Waals surface area contributed by atoms with Crippen LogP contribution in [0.4, 0.5) is 0 Å². The minimum absolute atomic E-state index is 0.483. The molecular weight excluding hydrogens is 192 g/mol. The molecule has 80 valence electrons. The van der Waals surface area contributed by atoms with Gasteiger partial charge in [0.05, 0.1) is 0 Å². The first-order valence-electron chi connectivity index (χ1n) is 5.29. The van der Waals surface area contributed by atoms with E-state index in [1.54, 1.807) is 0 Å². The van der Waals surface area contributed by atoms with Gasteiger partial charge in [-0.2, -0.15) is 0 Å². The van der Waals surface area contributed by atoms with Crippen molar-refractivity contribution in [1.29, 1.82) is 0 Å². The van der Waals surface area contributed by atoms with Gasteiger partial charge in [-0.25, -0.2) is 0 Å². The van der Waals surface area contributed by atoms with Gasteiger partial charge in [-0.05, 0) is 32.9 Å². The molecule has 1 heterocycles. The summed E-state index contributed by atoms with van der Waals surface area (Å²) in [6, 6.07) is 0.483. The number of nitrogens with zero attached hydrogens (tertiary/aromatic N) is 1. The number of nitrogens with one attached hydrogen (secondary N) is 1. The van der Waals surface area contributed by atoms with Crippen LogP contribution >= 0.6 is 12.2 Å². The van der Waals surface area contributed by atoms with Gasteiger partial charge < -0.3 is 10.2 Å². The van der Waals surface area contributed by atoms with Crippen LogP contribution in [-0.2, 0) is 0 Å². The van der Waals surface area contributed by atoms with Crippen molar-refractivity contribution in [3.8, 4) is 0 Å². The lowest BCUT2D eigenvalue weighted by atomic mass is 10.1. The highest BCUT2D eigenvalue weighted by atomic mass is 32.1. The van der Waals surface area contributed by atoms with Crippen LogP contribution in [0.5, 0.6) is 0 Å². The van der Waals surface area contributed by atoms with E-state index in [0.29, 0.717) is 6.04 Å². The fourth-order valence-corrected chi connectivity index (χ4v) is 2.00. The van der Waals surface area contributed by atoms with Gasteiger partial charge in [0.15, 0.2) is 0 Å². The Labute approximate surface area is 92.4 Å². The van der Waals surface area contributed by atoms with Crippen LogP contribution in [0, 0.1) is 0 Å². The highest BCUT2D eigenvalue weighted by Crippen LogP contribution is 2.07. The molecule has 0 aromatic carbocycles. The van der Waals surface area contributed by atoms with E-state index in [-0.39, 0.29) is 0 Å². The van der Waals surface area contributed by atoms with Crippen molar-refractivity contribution in [2.75, 3.05) is 26.7 Å². The molecule has 14 heavy (non-hydrogen) atoms. The van der Waals surface area contributed by atoms with Gasteiger partial charge in [0, 0.05) is 24.0 Å². The first kappa shape index (κ1) is 11.8. The maximum atomic E-state index is 5.28. The summed E-state index contributed by atoms with van der Waals surface area (Å²) >= 11 is 5.28. The Kier molecular flexibility index (Phi) is 5.30. The molecule has 1 atom stereocenters. The second kappa shape index (κ2) is 6.27. The van der Waals surface area contributed by atoms with E-state index in [4.69, 9.17) is 12.2 Å². The van der Waals surface area contributed by atoms with Gasteiger partial charge in [0.1, 0.15) is 0 Å². The molecule has 1 saturated heterocycles. The van der Waals surface area contributed by atoms with E-state index in [1.165, 1.54) is 4.86 Å². The Morgan fingerprint density at radius 3 is 3.00 bits per heavy atom. The molecule has 0 amide bonds. The largest absolute Gasteiger partial charge is 0.309 e. The smallest absolute Gasteiger partial charge is 0.0396 e. The third kappa shape index (κ3) is 3.86. The normalized spacial score (nSPS) is 21.9. The third-order valence-electron chi connectivity index (χ3n) is 2.67. The molecular formula is C11H20N2S. The summed E-state index contributed by atoms with van der Waals surface area (Å²) < 4.78 is 0. The van der Waals surface area contributed by atoms with Crippen molar-refractivity contribution in [1.82, 2.24) is 10.2 Å². The monoisotopic (exact) mass is 212 g/mol.